The Bertz CT molecular complexity index is 993. The predicted octanol–water partition coefficient (Wildman–Crippen LogP) is 4.45. The third-order valence-electron chi connectivity index (χ3n) is 7.64. The van der Waals surface area contributed by atoms with Gasteiger partial charge in [0.05, 0.1) is 12.6 Å². The average Bonchev–Trinajstić information content (AvgIpc) is 3.25. The van der Waals surface area contributed by atoms with E-state index in [0.717, 1.165) is 50.5 Å². The van der Waals surface area contributed by atoms with Crippen molar-refractivity contribution in [1.29, 1.82) is 0 Å². The summed E-state index contributed by atoms with van der Waals surface area (Å²) in [7, 11) is 0. The van der Waals surface area contributed by atoms with Gasteiger partial charge in [-0.1, -0.05) is 57.2 Å². The highest BCUT2D eigenvalue weighted by molar-refractivity contribution is 5.99. The van der Waals surface area contributed by atoms with Crippen molar-refractivity contribution in [3.8, 4) is 0 Å². The molecule has 1 unspecified atom stereocenters. The Morgan fingerprint density at radius 2 is 1.89 bits per heavy atom. The van der Waals surface area contributed by atoms with Gasteiger partial charge in [-0.05, 0) is 57.2 Å². The summed E-state index contributed by atoms with van der Waals surface area (Å²) in [5.74, 6) is -0.0270. The van der Waals surface area contributed by atoms with Gasteiger partial charge in [-0.15, -0.1) is 0 Å². The molecule has 190 valence electrons. The lowest BCUT2D eigenvalue weighted by Gasteiger charge is -2.27. The number of fused-ring (bicyclic) bond motifs is 1. The summed E-state index contributed by atoms with van der Waals surface area (Å²) in [5.41, 5.74) is 0.640. The molecule has 7 nitrogen and oxygen atoms in total. The maximum atomic E-state index is 13.4. The first-order valence-corrected chi connectivity index (χ1v) is 13.3. The van der Waals surface area contributed by atoms with E-state index >= 15 is 0 Å². The lowest BCUT2D eigenvalue weighted by atomic mass is 9.84. The quantitative estimate of drug-likeness (QED) is 0.581. The molecule has 2 amide bonds. The second kappa shape index (κ2) is 11.8. The molecule has 2 heterocycles. The Kier molecular flexibility index (Phi) is 8.60. The van der Waals surface area contributed by atoms with E-state index in [4.69, 9.17) is 4.42 Å². The Balaban J connectivity index is 1.46. The van der Waals surface area contributed by atoms with Crippen LogP contribution in [0, 0.1) is 5.92 Å². The molecule has 1 aromatic heterocycles. The Morgan fingerprint density at radius 3 is 2.63 bits per heavy atom. The van der Waals surface area contributed by atoms with E-state index < -0.39 is 18.0 Å². The molecule has 2 N–H and O–H groups in total. The molecule has 1 saturated heterocycles. The summed E-state index contributed by atoms with van der Waals surface area (Å²) in [6.45, 7) is 5.50. The zero-order chi connectivity index (χ0) is 24.8. The zero-order valence-electron chi connectivity index (χ0n) is 21.1. The van der Waals surface area contributed by atoms with Crippen molar-refractivity contribution >= 4 is 28.6 Å². The number of amides is 2. The van der Waals surface area contributed by atoms with Crippen LogP contribution in [0.4, 0.5) is 0 Å². The molecular formula is C28H39N3O4. The van der Waals surface area contributed by atoms with E-state index in [1.165, 1.54) is 6.42 Å². The third-order valence-corrected chi connectivity index (χ3v) is 7.64. The average molecular weight is 482 g/mol. The van der Waals surface area contributed by atoms with E-state index in [1.54, 1.807) is 6.07 Å². The number of carbonyl (C=O) groups excluding carboxylic acids is 3. The highest BCUT2D eigenvalue weighted by Gasteiger charge is 2.33. The van der Waals surface area contributed by atoms with Gasteiger partial charge < -0.3 is 15.1 Å². The summed E-state index contributed by atoms with van der Waals surface area (Å²) in [5, 5.41) is 6.79. The van der Waals surface area contributed by atoms with Crippen LogP contribution >= 0.6 is 0 Å². The highest BCUT2D eigenvalue weighted by atomic mass is 16.3. The molecule has 2 fully saturated rings. The van der Waals surface area contributed by atoms with Gasteiger partial charge in [0, 0.05) is 11.4 Å². The van der Waals surface area contributed by atoms with Gasteiger partial charge in [-0.2, -0.15) is 0 Å². The normalized spacial score (nSPS) is 23.1. The van der Waals surface area contributed by atoms with E-state index in [0.29, 0.717) is 36.9 Å². The molecule has 35 heavy (non-hydrogen) atoms. The molecular weight excluding hydrogens is 442 g/mol. The fourth-order valence-corrected chi connectivity index (χ4v) is 5.54. The molecule has 1 aliphatic carbocycles. The van der Waals surface area contributed by atoms with Crippen molar-refractivity contribution in [3.63, 3.8) is 0 Å². The Labute approximate surface area is 208 Å². The topological polar surface area (TPSA) is 91.7 Å². The molecule has 1 saturated carbocycles. The van der Waals surface area contributed by atoms with Crippen molar-refractivity contribution in [3.05, 3.63) is 36.1 Å². The van der Waals surface area contributed by atoms with Crippen LogP contribution in [0.1, 0.15) is 82.2 Å². The molecule has 2 aliphatic rings. The lowest BCUT2D eigenvalue weighted by molar-refractivity contribution is -0.129. The molecule has 3 atom stereocenters. The Morgan fingerprint density at radius 1 is 1.11 bits per heavy atom. The first-order chi connectivity index (χ1) is 16.9. The van der Waals surface area contributed by atoms with Gasteiger partial charge in [0.2, 0.25) is 5.91 Å². The monoisotopic (exact) mass is 481 g/mol. The number of furan rings is 1. The fraction of sp³-hybridized carbons (Fsp3) is 0.607. The van der Waals surface area contributed by atoms with Gasteiger partial charge in [-0.25, -0.2) is 0 Å². The number of hydrogen-bond acceptors (Lipinski definition) is 5. The van der Waals surface area contributed by atoms with Gasteiger partial charge in [-0.3, -0.25) is 19.3 Å². The number of carbonyl (C=O) groups is 3. The minimum absolute atomic E-state index is 0.0520. The van der Waals surface area contributed by atoms with Crippen molar-refractivity contribution in [2.24, 2.45) is 5.92 Å². The fourth-order valence-electron chi connectivity index (χ4n) is 5.54. The maximum absolute atomic E-state index is 13.4. The van der Waals surface area contributed by atoms with Crippen molar-refractivity contribution < 1.29 is 18.8 Å². The maximum Gasteiger partial charge on any atom is 0.287 e. The number of Topliss-reactive ketones (excluding diaryl/α,β-unsaturated/α-hetero) is 1. The number of likely N-dealkylation sites (tertiary alicyclic amines) is 1. The van der Waals surface area contributed by atoms with Crippen molar-refractivity contribution in [2.45, 2.75) is 89.8 Å². The zero-order valence-corrected chi connectivity index (χ0v) is 21.1. The second-order valence-electron chi connectivity index (χ2n) is 10.3. The van der Waals surface area contributed by atoms with Gasteiger partial charge in [0.1, 0.15) is 11.6 Å². The molecule has 2 aromatic rings. The van der Waals surface area contributed by atoms with Crippen LogP contribution in [0.5, 0.6) is 0 Å². The van der Waals surface area contributed by atoms with E-state index in [-0.39, 0.29) is 17.5 Å². The number of ketones is 1. The van der Waals surface area contributed by atoms with Crippen LogP contribution in [-0.2, 0) is 9.59 Å². The number of rotatable bonds is 8. The van der Waals surface area contributed by atoms with Gasteiger partial charge >= 0.3 is 0 Å². The van der Waals surface area contributed by atoms with Crippen LogP contribution in [0.25, 0.3) is 11.0 Å². The smallest absolute Gasteiger partial charge is 0.287 e. The van der Waals surface area contributed by atoms with Crippen molar-refractivity contribution in [2.75, 3.05) is 13.1 Å². The number of para-hydroxylation sites is 1. The summed E-state index contributed by atoms with van der Waals surface area (Å²) >= 11 is 0. The molecule has 4 rings (SSSR count). The minimum atomic E-state index is -0.695. The molecule has 1 aliphatic heterocycles. The van der Waals surface area contributed by atoms with E-state index in [1.807, 2.05) is 24.3 Å². The molecule has 0 radical (unpaired) electrons. The molecule has 7 heteroatoms. The van der Waals surface area contributed by atoms with Crippen LogP contribution in [0.3, 0.4) is 0 Å². The standard InChI is InChI=1S/C28H39N3O4/c1-3-15-31-18-24(32)22(14-13-19(31)2)29-27(33)23(16-20-9-5-4-6-10-20)30-28(34)26-17-21-11-7-8-12-25(21)35-26/h7-8,11-12,17,19-20,22-23H,3-6,9-10,13-16,18H2,1-2H3,(H,29,33)(H,30,34)/t19-,22+,23?/m1/s1. The van der Waals surface area contributed by atoms with Gasteiger partial charge in [0.25, 0.3) is 5.91 Å². The number of benzene rings is 1. The molecule has 0 spiro atoms. The summed E-state index contributed by atoms with van der Waals surface area (Å²) in [4.78, 5) is 41.7. The minimum Gasteiger partial charge on any atom is -0.451 e. The molecule has 1 aromatic carbocycles. The van der Waals surface area contributed by atoms with Crippen LogP contribution < -0.4 is 10.6 Å². The highest BCUT2D eigenvalue weighted by Crippen LogP contribution is 2.28. The third kappa shape index (κ3) is 6.51. The summed E-state index contributed by atoms with van der Waals surface area (Å²) in [6, 6.07) is 8.28. The van der Waals surface area contributed by atoms with Crippen LogP contribution in [0.2, 0.25) is 0 Å². The molecule has 0 bridgehead atoms. The summed E-state index contributed by atoms with van der Waals surface area (Å²) in [6.07, 6.45) is 8.72. The van der Waals surface area contributed by atoms with E-state index in [2.05, 4.69) is 29.4 Å². The van der Waals surface area contributed by atoms with Crippen molar-refractivity contribution in [1.82, 2.24) is 15.5 Å². The SMILES string of the molecule is CCCN1CC(=O)[C@@H](NC(=O)C(CC2CCCCC2)NC(=O)c2cc3ccccc3o2)CC[C@H]1C. The first-order valence-electron chi connectivity index (χ1n) is 13.3. The second-order valence-corrected chi connectivity index (χ2v) is 10.3. The largest absolute Gasteiger partial charge is 0.451 e. The first kappa shape index (κ1) is 25.4. The van der Waals surface area contributed by atoms with E-state index in [9.17, 15) is 14.4 Å². The number of hydrogen-bond donors (Lipinski definition) is 2. The van der Waals surface area contributed by atoms with Crippen LogP contribution in [-0.4, -0.2) is 53.7 Å². The predicted molar refractivity (Wildman–Crippen MR) is 136 cm³/mol. The lowest BCUT2D eigenvalue weighted by Crippen LogP contribution is -2.52. The number of nitrogens with one attached hydrogen (secondary N) is 2. The Hall–Kier alpha value is -2.67. The summed E-state index contributed by atoms with van der Waals surface area (Å²) < 4.78 is 5.73. The van der Waals surface area contributed by atoms with Gasteiger partial charge in [0.15, 0.2) is 11.5 Å². The van der Waals surface area contributed by atoms with Crippen LogP contribution in [0.15, 0.2) is 34.7 Å². The number of nitrogens with zero attached hydrogens (tertiary/aromatic N) is 1.